The van der Waals surface area contributed by atoms with Crippen LogP contribution in [0.15, 0.2) is 47.4 Å². The van der Waals surface area contributed by atoms with Gasteiger partial charge in [0.25, 0.3) is 10.1 Å². The van der Waals surface area contributed by atoms with Crippen LogP contribution in [0.4, 0.5) is 0 Å². The smallest absolute Gasteiger partial charge is 0.872 e. The van der Waals surface area contributed by atoms with Gasteiger partial charge in [0, 0.05) is 6.07 Å². The number of hydrogen-bond donors (Lipinski definition) is 1. The number of unbranched alkanes of at least 4 members (excludes halogenated alkanes) is 9. The maximum atomic E-state index is 12.3. The summed E-state index contributed by atoms with van der Waals surface area (Å²) in [7, 11) is -4.31. The zero-order chi connectivity index (χ0) is 21.8. The molecule has 1 N–H and O–H groups in total. The second-order valence-corrected chi connectivity index (χ2v) is 9.14. The van der Waals surface area contributed by atoms with E-state index in [2.05, 4.69) is 6.92 Å². The van der Waals surface area contributed by atoms with Crippen molar-refractivity contribution in [3.8, 4) is 17.2 Å². The van der Waals surface area contributed by atoms with Crippen molar-refractivity contribution in [3.63, 3.8) is 0 Å². The van der Waals surface area contributed by atoms with Crippen LogP contribution in [0, 0.1) is 0 Å². The summed E-state index contributed by atoms with van der Waals surface area (Å²) in [5.41, 5.74) is 0.606. The van der Waals surface area contributed by atoms with Crippen LogP contribution >= 0.6 is 0 Å². The monoisotopic (exact) mass is 456 g/mol. The van der Waals surface area contributed by atoms with Crippen molar-refractivity contribution in [3.05, 3.63) is 48.0 Å². The van der Waals surface area contributed by atoms with Crippen LogP contribution < -0.4 is 39.4 Å². The molecular formula is C24H33NaO5S. The van der Waals surface area contributed by atoms with E-state index in [1.54, 1.807) is 18.2 Å². The molecule has 0 fully saturated rings. The van der Waals surface area contributed by atoms with Crippen molar-refractivity contribution < 1.29 is 52.4 Å². The molecule has 0 saturated carbocycles. The van der Waals surface area contributed by atoms with Crippen LogP contribution in [0.1, 0.15) is 76.7 Å². The van der Waals surface area contributed by atoms with Gasteiger partial charge in [0.2, 0.25) is 0 Å². The minimum Gasteiger partial charge on any atom is -0.872 e. The number of ether oxygens (including phenoxy) is 1. The fourth-order valence-electron chi connectivity index (χ4n) is 3.50. The average molecular weight is 457 g/mol. The molecule has 0 aromatic heterocycles. The van der Waals surface area contributed by atoms with Crippen molar-refractivity contribution in [1.82, 2.24) is 0 Å². The Hall–Kier alpha value is -1.05. The molecule has 0 aliphatic heterocycles. The van der Waals surface area contributed by atoms with Gasteiger partial charge in [0.05, 0.1) is 4.90 Å². The van der Waals surface area contributed by atoms with E-state index in [1.807, 2.05) is 0 Å². The molecule has 0 spiro atoms. The summed E-state index contributed by atoms with van der Waals surface area (Å²) in [6, 6.07) is 10.5. The topological polar surface area (TPSA) is 86.7 Å². The summed E-state index contributed by atoms with van der Waals surface area (Å²) in [5.74, 6) is 0.625. The maximum absolute atomic E-state index is 12.3. The molecule has 0 atom stereocenters. The van der Waals surface area contributed by atoms with Crippen LogP contribution in [0.2, 0.25) is 0 Å². The Kier molecular flexibility index (Phi) is 13.5. The van der Waals surface area contributed by atoms with Crippen molar-refractivity contribution in [1.29, 1.82) is 0 Å². The Morgan fingerprint density at radius 1 is 0.871 bits per heavy atom. The van der Waals surface area contributed by atoms with Crippen LogP contribution in [0.25, 0.3) is 0 Å². The molecule has 166 valence electrons. The van der Waals surface area contributed by atoms with E-state index in [4.69, 9.17) is 4.74 Å². The third-order valence-electron chi connectivity index (χ3n) is 5.20. The Morgan fingerprint density at radius 2 is 1.45 bits per heavy atom. The summed E-state index contributed by atoms with van der Waals surface area (Å²) in [5, 5.41) is 12.3. The molecule has 0 amide bonds. The molecular weight excluding hydrogens is 423 g/mol. The molecule has 0 saturated heterocycles. The van der Waals surface area contributed by atoms with Gasteiger partial charge in [0.1, 0.15) is 11.5 Å². The minimum atomic E-state index is -4.31. The predicted molar refractivity (Wildman–Crippen MR) is 118 cm³/mol. The van der Waals surface area contributed by atoms with E-state index in [9.17, 15) is 18.1 Å². The fourth-order valence-corrected chi connectivity index (χ4v) is 4.02. The largest absolute Gasteiger partial charge is 1.00 e. The van der Waals surface area contributed by atoms with Crippen molar-refractivity contribution in [2.75, 3.05) is 0 Å². The Labute approximate surface area is 209 Å². The second-order valence-electron chi connectivity index (χ2n) is 7.72. The first kappa shape index (κ1) is 28.0. The normalized spacial score (nSPS) is 11.2. The first-order valence-electron chi connectivity index (χ1n) is 11.0. The summed E-state index contributed by atoms with van der Waals surface area (Å²) >= 11 is 0. The molecule has 2 rings (SSSR count). The van der Waals surface area contributed by atoms with Gasteiger partial charge in [-0.15, -0.1) is 5.75 Å². The Morgan fingerprint density at radius 3 is 2.06 bits per heavy atom. The van der Waals surface area contributed by atoms with Gasteiger partial charge in [-0.25, -0.2) is 0 Å². The number of rotatable bonds is 14. The zero-order valence-corrected chi connectivity index (χ0v) is 21.6. The summed E-state index contributed by atoms with van der Waals surface area (Å²) in [4.78, 5) is -0.241. The SMILES string of the molecule is CCCCCCCCCCCCc1c([O-])cccc1Oc1cccc(S(=O)(=O)O)c1.[Na+]. The van der Waals surface area contributed by atoms with E-state index < -0.39 is 10.1 Å². The van der Waals surface area contributed by atoms with Crippen molar-refractivity contribution in [2.45, 2.75) is 82.4 Å². The fraction of sp³-hybridized carbons (Fsp3) is 0.500. The van der Waals surface area contributed by atoms with Crippen LogP contribution in [0.5, 0.6) is 17.2 Å². The molecule has 0 aliphatic carbocycles. The summed E-state index contributed by atoms with van der Waals surface area (Å²) in [6.45, 7) is 2.23. The van der Waals surface area contributed by atoms with E-state index in [0.29, 0.717) is 17.7 Å². The summed E-state index contributed by atoms with van der Waals surface area (Å²) in [6.07, 6.45) is 12.9. The standard InChI is InChI=1S/C24H34O5S.Na/c1-2-3-4-5-6-7-8-9-10-11-16-22-23(25)17-13-18-24(22)29-20-14-12-15-21(19-20)30(26,27)28;/h12-15,17-19,25H,2-11,16H2,1H3,(H,26,27,28);/q;+1/p-1. The first-order chi connectivity index (χ1) is 14.4. The molecule has 0 unspecified atom stereocenters. The third kappa shape index (κ3) is 10.4. The Bertz CT molecular complexity index is 883. The van der Waals surface area contributed by atoms with Crippen LogP contribution in [-0.2, 0) is 16.5 Å². The third-order valence-corrected chi connectivity index (χ3v) is 6.05. The van der Waals surface area contributed by atoms with Gasteiger partial charge in [0.15, 0.2) is 0 Å². The molecule has 2 aromatic carbocycles. The van der Waals surface area contributed by atoms with Gasteiger partial charge >= 0.3 is 29.6 Å². The molecule has 0 aliphatic rings. The van der Waals surface area contributed by atoms with Gasteiger partial charge in [-0.2, -0.15) is 8.42 Å². The van der Waals surface area contributed by atoms with Gasteiger partial charge in [-0.3, -0.25) is 4.55 Å². The average Bonchev–Trinajstić information content (AvgIpc) is 2.71. The molecule has 0 heterocycles. The quantitative estimate of drug-likeness (QED) is 0.268. The second kappa shape index (κ2) is 14.9. The number of hydrogen-bond acceptors (Lipinski definition) is 4. The zero-order valence-electron chi connectivity index (χ0n) is 18.8. The van der Waals surface area contributed by atoms with E-state index in [0.717, 1.165) is 12.8 Å². The van der Waals surface area contributed by atoms with Gasteiger partial charge in [-0.1, -0.05) is 82.9 Å². The maximum Gasteiger partial charge on any atom is 1.00 e. The predicted octanol–water partition coefficient (Wildman–Crippen LogP) is 3.27. The van der Waals surface area contributed by atoms with E-state index in [1.165, 1.54) is 75.6 Å². The van der Waals surface area contributed by atoms with Gasteiger partial charge < -0.3 is 9.84 Å². The Balaban J connectivity index is 0.00000480. The molecule has 7 heteroatoms. The van der Waals surface area contributed by atoms with E-state index >= 15 is 0 Å². The van der Waals surface area contributed by atoms with E-state index in [-0.39, 0.29) is 46.0 Å². The molecule has 31 heavy (non-hydrogen) atoms. The number of benzene rings is 2. The van der Waals surface area contributed by atoms with Crippen molar-refractivity contribution in [2.24, 2.45) is 0 Å². The molecule has 5 nitrogen and oxygen atoms in total. The van der Waals surface area contributed by atoms with Crippen LogP contribution in [0.3, 0.4) is 0 Å². The molecule has 0 radical (unpaired) electrons. The van der Waals surface area contributed by atoms with Gasteiger partial charge in [-0.05, 0) is 36.6 Å². The van der Waals surface area contributed by atoms with Crippen molar-refractivity contribution >= 4 is 10.1 Å². The first-order valence-corrected chi connectivity index (χ1v) is 12.4. The summed E-state index contributed by atoms with van der Waals surface area (Å²) < 4.78 is 37.6. The molecule has 2 aromatic rings. The minimum absolute atomic E-state index is 0. The van der Waals surface area contributed by atoms with Crippen LogP contribution in [-0.4, -0.2) is 13.0 Å². The molecule has 0 bridgehead atoms.